The summed E-state index contributed by atoms with van der Waals surface area (Å²) in [5.74, 6) is 0. The van der Waals surface area contributed by atoms with Crippen LogP contribution in [0.4, 0.5) is 0 Å². The molecule has 1 aromatic carbocycles. The molecular weight excluding hydrogens is 304 g/mol. The summed E-state index contributed by atoms with van der Waals surface area (Å²) in [6, 6.07) is 8.23. The van der Waals surface area contributed by atoms with E-state index in [1.54, 1.807) is 11.3 Å². The van der Waals surface area contributed by atoms with Gasteiger partial charge in [0.05, 0.1) is 0 Å². The second kappa shape index (κ2) is 5.35. The summed E-state index contributed by atoms with van der Waals surface area (Å²) in [5.41, 5.74) is 3.93. The molecule has 0 spiro atoms. The number of halogens is 2. The van der Waals surface area contributed by atoms with Crippen LogP contribution in [0, 0.1) is 6.92 Å². The van der Waals surface area contributed by atoms with Gasteiger partial charge < -0.3 is 0 Å². The van der Waals surface area contributed by atoms with E-state index in [1.807, 2.05) is 12.1 Å². The van der Waals surface area contributed by atoms with Crippen LogP contribution >= 0.6 is 38.9 Å². The molecule has 0 aliphatic rings. The molecule has 0 bridgehead atoms. The fourth-order valence-electron chi connectivity index (χ4n) is 1.72. The highest BCUT2D eigenvalue weighted by Gasteiger charge is 2.11. The molecule has 1 heterocycles. The van der Waals surface area contributed by atoms with Crippen LogP contribution in [0.3, 0.4) is 0 Å². The summed E-state index contributed by atoms with van der Waals surface area (Å²) in [4.78, 5) is 0.361. The number of hydrogen-bond donors (Lipinski definition) is 0. The number of benzene rings is 1. The van der Waals surface area contributed by atoms with Gasteiger partial charge in [-0.05, 0) is 59.0 Å². The Hall–Kier alpha value is -0.310. The van der Waals surface area contributed by atoms with Gasteiger partial charge in [-0.2, -0.15) is 11.3 Å². The smallest absolute Gasteiger partial charge is 0.0438 e. The number of aryl methyl sites for hydroxylation is 1. The fraction of sp³-hybridized carbons (Fsp3) is 0.231. The van der Waals surface area contributed by atoms with Crippen molar-refractivity contribution < 1.29 is 0 Å². The Balaban J connectivity index is 2.17. The Morgan fingerprint density at radius 1 is 1.38 bits per heavy atom. The molecule has 0 aliphatic carbocycles. The summed E-state index contributed by atoms with van der Waals surface area (Å²) >= 11 is 11.4. The highest BCUT2D eigenvalue weighted by molar-refractivity contribution is 9.09. The molecule has 0 saturated heterocycles. The number of hydrogen-bond acceptors (Lipinski definition) is 1. The van der Waals surface area contributed by atoms with Crippen LogP contribution in [0.25, 0.3) is 0 Å². The van der Waals surface area contributed by atoms with E-state index >= 15 is 0 Å². The normalized spacial score (nSPS) is 12.7. The lowest BCUT2D eigenvalue weighted by Crippen LogP contribution is -1.96. The summed E-state index contributed by atoms with van der Waals surface area (Å²) in [6.45, 7) is 2.10. The number of rotatable bonds is 3. The summed E-state index contributed by atoms with van der Waals surface area (Å²) in [6.07, 6.45) is 1.02. The van der Waals surface area contributed by atoms with Gasteiger partial charge in [0.2, 0.25) is 0 Å². The number of alkyl halides is 1. The molecule has 2 aromatic rings. The molecule has 0 saturated carbocycles. The topological polar surface area (TPSA) is 0 Å². The molecule has 84 valence electrons. The Morgan fingerprint density at radius 2 is 2.19 bits per heavy atom. The summed E-state index contributed by atoms with van der Waals surface area (Å²) in [7, 11) is 0. The van der Waals surface area contributed by atoms with Crippen molar-refractivity contribution in [1.82, 2.24) is 0 Å². The van der Waals surface area contributed by atoms with Gasteiger partial charge in [0.1, 0.15) is 0 Å². The van der Waals surface area contributed by atoms with Gasteiger partial charge in [-0.1, -0.05) is 33.6 Å². The largest absolute Gasteiger partial charge is 0.152 e. The van der Waals surface area contributed by atoms with Gasteiger partial charge in [0.15, 0.2) is 0 Å². The third kappa shape index (κ3) is 2.88. The minimum atomic E-state index is 0.361. The predicted molar refractivity (Wildman–Crippen MR) is 75.9 cm³/mol. The predicted octanol–water partition coefficient (Wildman–Crippen LogP) is 5.39. The summed E-state index contributed by atoms with van der Waals surface area (Å²) in [5, 5.41) is 5.11. The second-order valence-corrected chi connectivity index (χ2v) is 6.13. The van der Waals surface area contributed by atoms with E-state index in [4.69, 9.17) is 11.6 Å². The minimum absolute atomic E-state index is 0.361. The fourth-order valence-corrected chi connectivity index (χ4v) is 3.51. The Bertz CT molecular complexity index is 465. The maximum absolute atomic E-state index is 5.95. The number of thiophene rings is 1. The van der Waals surface area contributed by atoms with E-state index in [1.165, 1.54) is 16.7 Å². The minimum Gasteiger partial charge on any atom is -0.152 e. The van der Waals surface area contributed by atoms with Crippen LogP contribution in [-0.4, -0.2) is 0 Å². The van der Waals surface area contributed by atoms with Crippen LogP contribution in [0.5, 0.6) is 0 Å². The van der Waals surface area contributed by atoms with Gasteiger partial charge in [-0.25, -0.2) is 0 Å². The van der Waals surface area contributed by atoms with Gasteiger partial charge in [0.25, 0.3) is 0 Å². The average molecular weight is 316 g/mol. The zero-order valence-corrected chi connectivity index (χ0v) is 12.1. The van der Waals surface area contributed by atoms with Crippen molar-refractivity contribution in [3.05, 3.63) is 56.7 Å². The monoisotopic (exact) mass is 314 g/mol. The molecule has 0 amide bonds. The van der Waals surface area contributed by atoms with Gasteiger partial charge in [0, 0.05) is 9.85 Å². The van der Waals surface area contributed by atoms with Crippen molar-refractivity contribution in [3.63, 3.8) is 0 Å². The molecule has 1 aromatic heterocycles. The quantitative estimate of drug-likeness (QED) is 0.666. The summed E-state index contributed by atoms with van der Waals surface area (Å²) < 4.78 is 0. The van der Waals surface area contributed by atoms with E-state index in [0.29, 0.717) is 4.83 Å². The van der Waals surface area contributed by atoms with E-state index in [-0.39, 0.29) is 0 Å². The first kappa shape index (κ1) is 12.2. The highest BCUT2D eigenvalue weighted by Crippen LogP contribution is 2.31. The Labute approximate surface area is 113 Å². The Morgan fingerprint density at radius 3 is 2.81 bits per heavy atom. The molecular formula is C13H12BrClS. The van der Waals surface area contributed by atoms with Crippen LogP contribution in [0.2, 0.25) is 5.02 Å². The zero-order chi connectivity index (χ0) is 11.5. The molecule has 0 aliphatic heterocycles. The van der Waals surface area contributed by atoms with E-state index in [2.05, 4.69) is 45.7 Å². The second-order valence-electron chi connectivity index (χ2n) is 3.80. The van der Waals surface area contributed by atoms with Crippen molar-refractivity contribution >= 4 is 38.9 Å². The van der Waals surface area contributed by atoms with E-state index < -0.39 is 0 Å². The standard InChI is InChI=1S/C13H12BrClS/c1-9-6-11(15)2-3-12(9)13(14)7-10-4-5-16-8-10/h2-6,8,13H,7H2,1H3. The van der Waals surface area contributed by atoms with Gasteiger partial charge >= 0.3 is 0 Å². The van der Waals surface area contributed by atoms with E-state index in [0.717, 1.165) is 11.4 Å². The molecule has 2 rings (SSSR count). The molecule has 1 atom stereocenters. The molecule has 0 radical (unpaired) electrons. The lowest BCUT2D eigenvalue weighted by molar-refractivity contribution is 0.943. The van der Waals surface area contributed by atoms with Crippen LogP contribution < -0.4 is 0 Å². The SMILES string of the molecule is Cc1cc(Cl)ccc1C(Br)Cc1ccsc1. The lowest BCUT2D eigenvalue weighted by Gasteiger charge is -2.12. The first-order valence-corrected chi connectivity index (χ1v) is 7.31. The van der Waals surface area contributed by atoms with Crippen LogP contribution in [0.1, 0.15) is 21.5 Å². The lowest BCUT2D eigenvalue weighted by atomic mass is 10.0. The van der Waals surface area contributed by atoms with E-state index in [9.17, 15) is 0 Å². The first-order valence-electron chi connectivity index (χ1n) is 5.08. The van der Waals surface area contributed by atoms with Crippen LogP contribution in [0.15, 0.2) is 35.0 Å². The van der Waals surface area contributed by atoms with Crippen molar-refractivity contribution in [2.75, 3.05) is 0 Å². The first-order chi connectivity index (χ1) is 7.66. The van der Waals surface area contributed by atoms with Crippen LogP contribution in [-0.2, 0) is 6.42 Å². The Kier molecular flexibility index (Phi) is 4.06. The third-order valence-corrected chi connectivity index (χ3v) is 4.35. The molecule has 16 heavy (non-hydrogen) atoms. The average Bonchev–Trinajstić information content (AvgIpc) is 2.70. The van der Waals surface area contributed by atoms with Crippen molar-refractivity contribution in [2.24, 2.45) is 0 Å². The maximum Gasteiger partial charge on any atom is 0.0438 e. The van der Waals surface area contributed by atoms with Gasteiger partial charge in [-0.15, -0.1) is 0 Å². The molecule has 1 unspecified atom stereocenters. The van der Waals surface area contributed by atoms with Crippen molar-refractivity contribution in [2.45, 2.75) is 18.2 Å². The van der Waals surface area contributed by atoms with Crippen molar-refractivity contribution in [3.8, 4) is 0 Å². The third-order valence-electron chi connectivity index (χ3n) is 2.56. The molecule has 3 heteroatoms. The van der Waals surface area contributed by atoms with Gasteiger partial charge in [-0.3, -0.25) is 0 Å². The molecule has 0 nitrogen and oxygen atoms in total. The maximum atomic E-state index is 5.95. The highest BCUT2D eigenvalue weighted by atomic mass is 79.9. The zero-order valence-electron chi connectivity index (χ0n) is 8.91. The molecule has 0 N–H and O–H groups in total. The molecule has 0 fully saturated rings. The van der Waals surface area contributed by atoms with Crippen molar-refractivity contribution in [1.29, 1.82) is 0 Å².